The number of furan rings is 1. The number of aromatic nitrogens is 3. The van der Waals surface area contributed by atoms with E-state index >= 15 is 0 Å². The van der Waals surface area contributed by atoms with Crippen molar-refractivity contribution in [3.63, 3.8) is 0 Å². The Morgan fingerprint density at radius 3 is 2.70 bits per heavy atom. The van der Waals surface area contributed by atoms with Gasteiger partial charge in [-0.05, 0) is 24.3 Å². The number of hydrogen-bond acceptors (Lipinski definition) is 5. The molecule has 0 fully saturated rings. The highest BCUT2D eigenvalue weighted by atomic mass is 16.3. The van der Waals surface area contributed by atoms with Crippen molar-refractivity contribution in [3.8, 4) is 22.7 Å². The van der Waals surface area contributed by atoms with Crippen LogP contribution in [-0.4, -0.2) is 20.9 Å². The van der Waals surface area contributed by atoms with Crippen molar-refractivity contribution in [2.45, 2.75) is 13.3 Å². The van der Waals surface area contributed by atoms with Gasteiger partial charge in [0, 0.05) is 36.5 Å². The third-order valence-corrected chi connectivity index (χ3v) is 3.53. The van der Waals surface area contributed by atoms with Gasteiger partial charge in [-0.25, -0.2) is 4.98 Å². The van der Waals surface area contributed by atoms with E-state index in [1.165, 1.54) is 0 Å². The van der Waals surface area contributed by atoms with Crippen molar-refractivity contribution in [1.82, 2.24) is 15.0 Å². The number of primary amides is 1. The van der Waals surface area contributed by atoms with E-state index in [0.29, 0.717) is 29.3 Å². The molecule has 2 N–H and O–H groups in total. The Balaban J connectivity index is 2.05. The molecule has 3 aromatic heterocycles. The zero-order chi connectivity index (χ0) is 16.2. The van der Waals surface area contributed by atoms with Gasteiger partial charge in [-0.15, -0.1) is 0 Å². The molecule has 3 aromatic rings. The molecule has 23 heavy (non-hydrogen) atoms. The van der Waals surface area contributed by atoms with Gasteiger partial charge in [0.05, 0.1) is 17.7 Å². The van der Waals surface area contributed by atoms with Crippen molar-refractivity contribution < 1.29 is 9.21 Å². The van der Waals surface area contributed by atoms with Crippen molar-refractivity contribution >= 4 is 5.91 Å². The minimum absolute atomic E-state index is 0.305. The highest BCUT2D eigenvalue weighted by Crippen LogP contribution is 2.29. The molecular weight excluding hydrogens is 292 g/mol. The molecular formula is C17H16N4O2. The van der Waals surface area contributed by atoms with Crippen LogP contribution in [0, 0.1) is 5.92 Å². The van der Waals surface area contributed by atoms with Crippen LogP contribution >= 0.6 is 0 Å². The molecule has 6 nitrogen and oxygen atoms in total. The van der Waals surface area contributed by atoms with Crippen LogP contribution in [0.25, 0.3) is 22.7 Å². The Kier molecular flexibility index (Phi) is 4.14. The highest BCUT2D eigenvalue weighted by molar-refractivity contribution is 5.77. The average Bonchev–Trinajstić information content (AvgIpc) is 3.10. The maximum Gasteiger partial charge on any atom is 0.220 e. The molecule has 116 valence electrons. The molecule has 0 bridgehead atoms. The summed E-state index contributed by atoms with van der Waals surface area (Å²) in [6.45, 7) is 1.77. The van der Waals surface area contributed by atoms with Crippen molar-refractivity contribution in [3.05, 3.63) is 54.8 Å². The van der Waals surface area contributed by atoms with E-state index in [1.807, 2.05) is 18.2 Å². The summed E-state index contributed by atoms with van der Waals surface area (Å²) in [6.07, 6.45) is 7.10. The van der Waals surface area contributed by atoms with Gasteiger partial charge in [0.1, 0.15) is 5.69 Å². The summed E-state index contributed by atoms with van der Waals surface area (Å²) in [6, 6.07) is 7.35. The second kappa shape index (κ2) is 6.39. The van der Waals surface area contributed by atoms with E-state index in [1.54, 1.807) is 37.8 Å². The summed E-state index contributed by atoms with van der Waals surface area (Å²) in [5, 5.41) is 0. The van der Waals surface area contributed by atoms with E-state index in [2.05, 4.69) is 15.0 Å². The largest absolute Gasteiger partial charge is 0.463 e. The van der Waals surface area contributed by atoms with Crippen LogP contribution in [0.4, 0.5) is 0 Å². The Morgan fingerprint density at radius 2 is 2.04 bits per heavy atom. The van der Waals surface area contributed by atoms with Gasteiger partial charge in [0.2, 0.25) is 5.91 Å². The lowest BCUT2D eigenvalue weighted by Gasteiger charge is -2.10. The first-order chi connectivity index (χ1) is 11.1. The van der Waals surface area contributed by atoms with E-state index < -0.39 is 0 Å². The van der Waals surface area contributed by atoms with Crippen LogP contribution in [0.2, 0.25) is 0 Å². The number of rotatable bonds is 5. The second-order valence-electron chi connectivity index (χ2n) is 5.28. The highest BCUT2D eigenvalue weighted by Gasteiger charge is 2.17. The molecule has 3 rings (SSSR count). The van der Waals surface area contributed by atoms with Crippen LogP contribution in [0.1, 0.15) is 12.6 Å². The predicted octanol–water partition coefficient (Wildman–Crippen LogP) is 2.46. The molecule has 0 aliphatic carbocycles. The number of amides is 1. The van der Waals surface area contributed by atoms with Crippen LogP contribution in [-0.2, 0) is 11.2 Å². The Labute approximate surface area is 133 Å². The first-order valence-corrected chi connectivity index (χ1v) is 7.24. The molecule has 0 aromatic carbocycles. The number of nitrogens with two attached hydrogens (primary N) is 1. The Bertz CT molecular complexity index is 801. The number of pyridine rings is 1. The molecule has 0 spiro atoms. The maximum atomic E-state index is 11.3. The van der Waals surface area contributed by atoms with E-state index in [0.717, 1.165) is 5.56 Å². The van der Waals surface area contributed by atoms with Gasteiger partial charge < -0.3 is 10.2 Å². The first kappa shape index (κ1) is 14.9. The smallest absolute Gasteiger partial charge is 0.220 e. The fraction of sp³-hybridized carbons (Fsp3) is 0.176. The first-order valence-electron chi connectivity index (χ1n) is 7.24. The van der Waals surface area contributed by atoms with Gasteiger partial charge in [-0.2, -0.15) is 0 Å². The molecule has 0 radical (unpaired) electrons. The van der Waals surface area contributed by atoms with Gasteiger partial charge in [-0.3, -0.25) is 14.8 Å². The number of carbonyl (C=O) groups excluding carboxylic acids is 1. The molecule has 0 saturated heterocycles. The predicted molar refractivity (Wildman–Crippen MR) is 85.0 cm³/mol. The van der Waals surface area contributed by atoms with Crippen molar-refractivity contribution in [2.24, 2.45) is 11.7 Å². The molecule has 0 aliphatic rings. The summed E-state index contributed by atoms with van der Waals surface area (Å²) >= 11 is 0. The van der Waals surface area contributed by atoms with Crippen molar-refractivity contribution in [2.75, 3.05) is 0 Å². The van der Waals surface area contributed by atoms with E-state index in [4.69, 9.17) is 10.2 Å². The van der Waals surface area contributed by atoms with Crippen LogP contribution in [0.3, 0.4) is 0 Å². The monoisotopic (exact) mass is 308 g/mol. The summed E-state index contributed by atoms with van der Waals surface area (Å²) in [5.41, 5.74) is 8.26. The van der Waals surface area contributed by atoms with Gasteiger partial charge in [-0.1, -0.05) is 6.92 Å². The summed E-state index contributed by atoms with van der Waals surface area (Å²) in [4.78, 5) is 24.4. The standard InChI is InChI=1S/C17H16N4O2/c1-11(17(18)22)9-13-10-20-15(12-4-6-19-7-5-12)16(21-13)14-3-2-8-23-14/h2-8,10-11H,9H2,1H3,(H2,18,22). The van der Waals surface area contributed by atoms with Gasteiger partial charge in [0.25, 0.3) is 0 Å². The van der Waals surface area contributed by atoms with Crippen LogP contribution < -0.4 is 5.73 Å². The summed E-state index contributed by atoms with van der Waals surface area (Å²) in [5.74, 6) is -0.0389. The summed E-state index contributed by atoms with van der Waals surface area (Å²) in [7, 11) is 0. The fourth-order valence-corrected chi connectivity index (χ4v) is 2.24. The minimum Gasteiger partial charge on any atom is -0.463 e. The lowest BCUT2D eigenvalue weighted by atomic mass is 10.0. The summed E-state index contributed by atoms with van der Waals surface area (Å²) < 4.78 is 5.48. The Hall–Kier alpha value is -3.02. The topological polar surface area (TPSA) is 94.9 Å². The fourth-order valence-electron chi connectivity index (χ4n) is 2.24. The minimum atomic E-state index is -0.357. The van der Waals surface area contributed by atoms with Gasteiger partial charge in [0.15, 0.2) is 5.76 Å². The molecule has 3 heterocycles. The molecule has 1 unspecified atom stereocenters. The zero-order valence-corrected chi connectivity index (χ0v) is 12.6. The van der Waals surface area contributed by atoms with Crippen LogP contribution in [0.15, 0.2) is 53.5 Å². The zero-order valence-electron chi connectivity index (χ0n) is 12.6. The molecule has 6 heteroatoms. The Morgan fingerprint density at radius 1 is 1.26 bits per heavy atom. The number of nitrogens with zero attached hydrogens (tertiary/aromatic N) is 3. The third kappa shape index (κ3) is 3.26. The van der Waals surface area contributed by atoms with E-state index in [9.17, 15) is 4.79 Å². The second-order valence-corrected chi connectivity index (χ2v) is 5.28. The van der Waals surface area contributed by atoms with E-state index in [-0.39, 0.29) is 11.8 Å². The lowest BCUT2D eigenvalue weighted by molar-refractivity contribution is -0.121. The average molecular weight is 308 g/mol. The van der Waals surface area contributed by atoms with Crippen molar-refractivity contribution in [1.29, 1.82) is 0 Å². The third-order valence-electron chi connectivity index (χ3n) is 3.53. The lowest BCUT2D eigenvalue weighted by Crippen LogP contribution is -2.22. The molecule has 0 saturated carbocycles. The molecule has 0 aliphatic heterocycles. The normalized spacial score (nSPS) is 12.0. The number of carbonyl (C=O) groups is 1. The quantitative estimate of drug-likeness (QED) is 0.781. The maximum absolute atomic E-state index is 11.3. The number of hydrogen-bond donors (Lipinski definition) is 1. The van der Waals surface area contributed by atoms with Crippen LogP contribution in [0.5, 0.6) is 0 Å². The van der Waals surface area contributed by atoms with Gasteiger partial charge >= 0.3 is 0 Å². The SMILES string of the molecule is CC(Cc1cnc(-c2ccncc2)c(-c2ccco2)n1)C(N)=O. The molecule has 1 atom stereocenters. The molecule has 1 amide bonds.